The van der Waals surface area contributed by atoms with Crippen LogP contribution in [0.2, 0.25) is 0 Å². The van der Waals surface area contributed by atoms with Crippen LogP contribution in [0.15, 0.2) is 221 Å². The molecule has 6 N–H and O–H groups in total. The molecule has 12 rings (SSSR count). The summed E-state index contributed by atoms with van der Waals surface area (Å²) in [5.74, 6) is -0.0681. The fourth-order valence-electron chi connectivity index (χ4n) is 9.77. The van der Waals surface area contributed by atoms with Crippen LogP contribution in [0.4, 0.5) is 17.1 Å². The molecular weight excluding hydrogens is 1340 g/mol. The molecule has 36 heteroatoms. The van der Waals surface area contributed by atoms with Crippen LogP contribution < -0.4 is 14.4 Å². The number of tetrazole rings is 3. The maximum Gasteiger partial charge on any atom is 0.341 e. The minimum absolute atomic E-state index is 0.0222. The van der Waals surface area contributed by atoms with Crippen molar-refractivity contribution in [1.82, 2.24) is 45.0 Å². The third-order valence-corrected chi connectivity index (χ3v) is 17.1. The molecule has 0 bridgehead atoms. The van der Waals surface area contributed by atoms with Crippen molar-refractivity contribution in [3.8, 4) is 68.3 Å². The molecule has 0 atom stereocenters. The van der Waals surface area contributed by atoms with Gasteiger partial charge in [-0.15, -0.1) is 0 Å². The predicted molar refractivity (Wildman–Crippen MR) is 342 cm³/mol. The molecule has 9 aromatic carbocycles. The first-order chi connectivity index (χ1) is 46.7. The number of rotatable bonds is 18. The van der Waals surface area contributed by atoms with Gasteiger partial charge in [-0.2, -0.15) is 25.3 Å². The van der Waals surface area contributed by atoms with Gasteiger partial charge in [-0.3, -0.25) is 44.0 Å². The Morgan fingerprint density at radius 1 is 0.367 bits per heavy atom. The van der Waals surface area contributed by atoms with Gasteiger partial charge in [0.15, 0.2) is 17.1 Å². The number of aromatic nitrogens is 12. The number of aryl methyl sites for hydroxylation is 2. The van der Waals surface area contributed by atoms with Gasteiger partial charge in [0.2, 0.25) is 0 Å². The van der Waals surface area contributed by atoms with Crippen molar-refractivity contribution in [3.05, 3.63) is 264 Å². The lowest BCUT2D eigenvalue weighted by molar-refractivity contribution is -0.735. The van der Waals surface area contributed by atoms with Gasteiger partial charge in [-0.05, 0) is 141 Å². The Morgan fingerprint density at radius 2 is 0.653 bits per heavy atom. The van der Waals surface area contributed by atoms with Gasteiger partial charge in [0.05, 0.1) is 66.6 Å². The summed E-state index contributed by atoms with van der Waals surface area (Å²) in [5, 5.41) is 89.4. The van der Waals surface area contributed by atoms with E-state index < -0.39 is 58.3 Å². The molecule has 12 aromatic rings. The van der Waals surface area contributed by atoms with E-state index in [1.165, 1.54) is 144 Å². The lowest BCUT2D eigenvalue weighted by Gasteiger charge is -2.05. The van der Waals surface area contributed by atoms with Crippen molar-refractivity contribution >= 4 is 47.4 Å². The highest BCUT2D eigenvalue weighted by Gasteiger charge is 2.34. The number of nitrogens with zero attached hydrogens (tertiary/aromatic N) is 15. The SMILES string of the molecule is Cc1ccc(-[n+]2nc(-c3ccccc3S(=O)(=O)O)nn2-c2ccc([N+](=O)[O-])cc2)c(CO)c1.Cc1ccc(-n2nc(-c3ccccc3S(=O)(=O)O)n[n+]2-c2ccc([N+](=O)[O-])cc2CO)cc1.O=[N+]([O-])c1ccc(-[n+]2nc(-c3ccccc3S(=O)(=O)O)nn2-c2ccccc2)c(CO)c1. The molecule has 0 amide bonds. The monoisotopic (exact) mass is 1390 g/mol. The van der Waals surface area contributed by atoms with E-state index in [0.29, 0.717) is 39.7 Å². The van der Waals surface area contributed by atoms with Crippen LogP contribution in [0.25, 0.3) is 68.3 Å². The van der Waals surface area contributed by atoms with Crippen molar-refractivity contribution in [1.29, 1.82) is 0 Å². The van der Waals surface area contributed by atoms with E-state index in [1.54, 1.807) is 72.8 Å². The lowest BCUT2D eigenvalue weighted by atomic mass is 10.1. The highest BCUT2D eigenvalue weighted by Crippen LogP contribution is 2.29. The average molecular weight is 1390 g/mol. The van der Waals surface area contributed by atoms with E-state index in [-0.39, 0.29) is 83.6 Å². The van der Waals surface area contributed by atoms with Crippen LogP contribution in [0.3, 0.4) is 0 Å². The highest BCUT2D eigenvalue weighted by molar-refractivity contribution is 7.86. The summed E-state index contributed by atoms with van der Waals surface area (Å²) < 4.78 is 100. The Hall–Kier alpha value is -12.0. The topological polar surface area (TPSA) is 457 Å². The molecule has 0 saturated heterocycles. The van der Waals surface area contributed by atoms with Crippen LogP contribution in [0.1, 0.15) is 27.8 Å². The summed E-state index contributed by atoms with van der Waals surface area (Å²) in [6, 6.07) is 51.7. The Balaban J connectivity index is 0.000000159. The van der Waals surface area contributed by atoms with Crippen molar-refractivity contribution in [2.45, 2.75) is 48.4 Å². The van der Waals surface area contributed by atoms with Crippen LogP contribution in [0.5, 0.6) is 0 Å². The zero-order chi connectivity index (χ0) is 70.4. The number of aliphatic hydroxyl groups is 3. The Morgan fingerprint density at radius 3 is 0.990 bits per heavy atom. The average Bonchev–Trinajstić information content (AvgIpc) is 1.63. The van der Waals surface area contributed by atoms with E-state index in [0.717, 1.165) is 11.1 Å². The van der Waals surface area contributed by atoms with Crippen LogP contribution in [-0.2, 0) is 50.2 Å². The molecule has 0 aliphatic rings. The number of non-ortho nitro benzene ring substituents is 3. The van der Waals surface area contributed by atoms with E-state index in [4.69, 9.17) is 0 Å². The minimum Gasteiger partial charge on any atom is -0.392 e. The molecule has 0 fully saturated rings. The molecule has 0 spiro atoms. The van der Waals surface area contributed by atoms with Gasteiger partial charge in [-0.25, -0.2) is 0 Å². The first kappa shape index (κ1) is 68.8. The fourth-order valence-corrected chi connectivity index (χ4v) is 11.8. The summed E-state index contributed by atoms with van der Waals surface area (Å²) in [6.45, 7) is 2.45. The summed E-state index contributed by atoms with van der Waals surface area (Å²) in [6.07, 6.45) is 0. The van der Waals surface area contributed by atoms with Crippen LogP contribution >= 0.6 is 0 Å². The second-order valence-corrected chi connectivity index (χ2v) is 25.1. The molecule has 33 nitrogen and oxygen atoms in total. The van der Waals surface area contributed by atoms with E-state index in [1.807, 2.05) is 32.0 Å². The maximum atomic E-state index is 11.9. The predicted octanol–water partition coefficient (Wildman–Crippen LogP) is 6.19. The number of hydrogen-bond donors (Lipinski definition) is 6. The van der Waals surface area contributed by atoms with Crippen molar-refractivity contribution in [2.75, 3.05) is 0 Å². The Kier molecular flexibility index (Phi) is 20.0. The largest absolute Gasteiger partial charge is 0.392 e. The van der Waals surface area contributed by atoms with Gasteiger partial charge >= 0.3 is 17.5 Å². The van der Waals surface area contributed by atoms with Crippen LogP contribution in [0, 0.1) is 44.2 Å². The first-order valence-corrected chi connectivity index (χ1v) is 32.7. The summed E-state index contributed by atoms with van der Waals surface area (Å²) in [5.41, 5.74) is 5.08. The minimum atomic E-state index is -4.56. The number of hydrogen-bond acceptors (Lipinski definition) is 21. The molecule has 498 valence electrons. The first-order valence-electron chi connectivity index (χ1n) is 28.4. The molecule has 0 aliphatic carbocycles. The number of benzene rings is 9. The third kappa shape index (κ3) is 15.1. The second kappa shape index (κ2) is 28.5. The van der Waals surface area contributed by atoms with Crippen molar-refractivity contribution in [3.63, 3.8) is 0 Å². The molecule has 0 saturated carbocycles. The van der Waals surface area contributed by atoms with Gasteiger partial charge < -0.3 is 15.3 Å². The lowest BCUT2D eigenvalue weighted by Crippen LogP contribution is -2.44. The number of nitro benzene ring substituents is 3. The summed E-state index contributed by atoms with van der Waals surface area (Å²) >= 11 is 0. The standard InChI is InChI=1S/2C21H17N5O6S.C20H15N5O6S/c1-14-6-11-19(15(12-14)13-27)25-23-21(18-4-2-3-5-20(18)33(30,31)32)22-24(25)16-7-9-17(10-8-16)26(28)29;1-14-6-8-16(9-7-14)24-22-21(18-4-2-3-5-20(18)33(30,31)32)23-25(24)19-11-10-17(26(28)29)12-15(19)13-27;26-13-14-12-16(25(27)28)10-11-18(14)24-22-20(21-23(24)15-6-2-1-3-7-15)17-8-4-5-9-19(17)32(29,30)31/h2*2-12,27H,13H2,1H3;1-12,26H,13H2/p+3. The van der Waals surface area contributed by atoms with E-state index in [2.05, 4.69) is 30.6 Å². The highest BCUT2D eigenvalue weighted by atomic mass is 32.2. The summed E-state index contributed by atoms with van der Waals surface area (Å²) in [7, 11) is -13.7. The quantitative estimate of drug-likeness (QED) is 0.0241. The third-order valence-electron chi connectivity index (χ3n) is 14.4. The zero-order valence-corrected chi connectivity index (χ0v) is 53.2. The zero-order valence-electron chi connectivity index (χ0n) is 50.8. The van der Waals surface area contributed by atoms with E-state index >= 15 is 0 Å². The maximum absolute atomic E-state index is 11.9. The number of nitro groups is 3. The van der Waals surface area contributed by atoms with Crippen molar-refractivity contribution < 1.29 is 83.4 Å². The number of para-hydroxylation sites is 1. The Labute approximate surface area is 554 Å². The molecular formula is C62H52N15O18S3+3. The van der Waals surface area contributed by atoms with Crippen molar-refractivity contribution in [2.24, 2.45) is 0 Å². The molecule has 0 aliphatic heterocycles. The molecule has 0 unspecified atom stereocenters. The summed E-state index contributed by atoms with van der Waals surface area (Å²) in [4.78, 5) is 38.5. The molecule has 98 heavy (non-hydrogen) atoms. The molecule has 3 heterocycles. The Bertz CT molecular complexity index is 5340. The smallest absolute Gasteiger partial charge is 0.341 e. The number of aliphatic hydroxyl groups excluding tert-OH is 3. The second-order valence-electron chi connectivity index (χ2n) is 20.9. The normalized spacial score (nSPS) is 11.5. The van der Waals surface area contributed by atoms with Gasteiger partial charge in [0.25, 0.3) is 47.4 Å². The fraction of sp³-hybridized carbons (Fsp3) is 0.0806. The van der Waals surface area contributed by atoms with Crippen LogP contribution in [-0.4, -0.2) is 114 Å². The van der Waals surface area contributed by atoms with Gasteiger partial charge in [-0.1, -0.05) is 83.9 Å². The molecule has 3 aromatic heterocycles. The van der Waals surface area contributed by atoms with Gasteiger partial charge in [0.1, 0.15) is 31.7 Å². The van der Waals surface area contributed by atoms with Gasteiger partial charge in [0, 0.05) is 67.5 Å². The van der Waals surface area contributed by atoms with E-state index in [9.17, 15) is 84.6 Å². The molecule has 0 radical (unpaired) electrons.